The Kier molecular flexibility index (Phi) is 5.64. The van der Waals surface area contributed by atoms with Gasteiger partial charge in [0.25, 0.3) is 5.89 Å². The van der Waals surface area contributed by atoms with Gasteiger partial charge in [0.05, 0.1) is 21.3 Å². The van der Waals surface area contributed by atoms with Crippen molar-refractivity contribution in [3.63, 3.8) is 0 Å². The van der Waals surface area contributed by atoms with Crippen molar-refractivity contribution in [2.45, 2.75) is 6.61 Å². The van der Waals surface area contributed by atoms with Crippen molar-refractivity contribution < 1.29 is 33.4 Å². The van der Waals surface area contributed by atoms with Crippen LogP contribution in [0.3, 0.4) is 0 Å². The SMILES string of the molecule is COc1ccc(C(=O)OCc2nc(-c3ccc(OC)c(OC)c3)no2)c(O)c1. The Labute approximate surface area is 160 Å². The number of hydrogen-bond donors (Lipinski definition) is 1. The highest BCUT2D eigenvalue weighted by atomic mass is 16.6. The first kappa shape index (κ1) is 19.0. The summed E-state index contributed by atoms with van der Waals surface area (Å²) in [6.45, 7) is -0.245. The number of nitrogens with zero attached hydrogens (tertiary/aromatic N) is 2. The lowest BCUT2D eigenvalue weighted by Crippen LogP contribution is -2.06. The summed E-state index contributed by atoms with van der Waals surface area (Å²) in [5.41, 5.74) is 0.646. The molecule has 9 heteroatoms. The molecule has 0 aliphatic rings. The second kappa shape index (κ2) is 8.30. The Balaban J connectivity index is 1.69. The van der Waals surface area contributed by atoms with Crippen LogP contribution in [0.2, 0.25) is 0 Å². The van der Waals surface area contributed by atoms with Crippen LogP contribution in [-0.4, -0.2) is 42.5 Å². The molecular weight excluding hydrogens is 368 g/mol. The van der Waals surface area contributed by atoms with Crippen molar-refractivity contribution in [2.75, 3.05) is 21.3 Å². The van der Waals surface area contributed by atoms with E-state index >= 15 is 0 Å². The van der Waals surface area contributed by atoms with Gasteiger partial charge in [-0.15, -0.1) is 0 Å². The van der Waals surface area contributed by atoms with Gasteiger partial charge >= 0.3 is 5.97 Å². The molecule has 146 valence electrons. The first-order valence-electron chi connectivity index (χ1n) is 8.14. The van der Waals surface area contributed by atoms with Crippen LogP contribution in [0.4, 0.5) is 0 Å². The predicted octanol–water partition coefficient (Wildman–Crippen LogP) is 2.83. The Hall–Kier alpha value is -3.75. The van der Waals surface area contributed by atoms with Crippen molar-refractivity contribution in [1.29, 1.82) is 0 Å². The number of carbonyl (C=O) groups excluding carboxylic acids is 1. The maximum absolute atomic E-state index is 12.1. The molecule has 0 bridgehead atoms. The number of carbonyl (C=O) groups is 1. The highest BCUT2D eigenvalue weighted by Gasteiger charge is 2.17. The van der Waals surface area contributed by atoms with E-state index in [1.165, 1.54) is 32.4 Å². The van der Waals surface area contributed by atoms with E-state index in [1.54, 1.807) is 25.3 Å². The number of ether oxygens (including phenoxy) is 4. The number of benzene rings is 2. The number of hydrogen-bond acceptors (Lipinski definition) is 9. The van der Waals surface area contributed by atoms with Crippen molar-refractivity contribution in [3.8, 4) is 34.4 Å². The molecule has 0 spiro atoms. The number of phenolic OH excluding ortho intramolecular Hbond substituents is 1. The third-order valence-electron chi connectivity index (χ3n) is 3.86. The third-order valence-corrected chi connectivity index (χ3v) is 3.86. The predicted molar refractivity (Wildman–Crippen MR) is 96.6 cm³/mol. The van der Waals surface area contributed by atoms with E-state index in [9.17, 15) is 9.90 Å². The summed E-state index contributed by atoms with van der Waals surface area (Å²) in [4.78, 5) is 16.3. The zero-order valence-corrected chi connectivity index (χ0v) is 15.5. The van der Waals surface area contributed by atoms with Crippen molar-refractivity contribution in [2.24, 2.45) is 0 Å². The molecule has 0 aliphatic heterocycles. The van der Waals surface area contributed by atoms with Crippen LogP contribution in [0.5, 0.6) is 23.0 Å². The van der Waals surface area contributed by atoms with E-state index in [1.807, 2.05) is 0 Å². The summed E-state index contributed by atoms with van der Waals surface area (Å²) in [5.74, 6) is 0.943. The topological polar surface area (TPSA) is 113 Å². The molecule has 0 saturated heterocycles. The first-order valence-corrected chi connectivity index (χ1v) is 8.14. The number of phenols is 1. The Morgan fingerprint density at radius 3 is 2.50 bits per heavy atom. The van der Waals surface area contributed by atoms with Gasteiger partial charge in [-0.05, 0) is 30.3 Å². The molecule has 0 aliphatic carbocycles. The largest absolute Gasteiger partial charge is 0.507 e. The van der Waals surface area contributed by atoms with Crippen LogP contribution in [0.25, 0.3) is 11.4 Å². The van der Waals surface area contributed by atoms with Gasteiger partial charge in [0.15, 0.2) is 18.1 Å². The summed E-state index contributed by atoms with van der Waals surface area (Å²) in [5, 5.41) is 13.7. The lowest BCUT2D eigenvalue weighted by Gasteiger charge is -2.07. The van der Waals surface area contributed by atoms with Gasteiger partial charge < -0.3 is 28.6 Å². The monoisotopic (exact) mass is 386 g/mol. The second-order valence-corrected chi connectivity index (χ2v) is 5.54. The normalized spacial score (nSPS) is 10.4. The molecule has 3 aromatic rings. The molecule has 0 atom stereocenters. The van der Waals surface area contributed by atoms with E-state index in [0.29, 0.717) is 28.6 Å². The molecule has 28 heavy (non-hydrogen) atoms. The maximum atomic E-state index is 12.1. The van der Waals surface area contributed by atoms with Crippen LogP contribution < -0.4 is 14.2 Å². The molecule has 0 radical (unpaired) electrons. The minimum atomic E-state index is -0.731. The molecule has 1 heterocycles. The molecule has 3 rings (SSSR count). The second-order valence-electron chi connectivity index (χ2n) is 5.54. The molecule has 0 fully saturated rings. The van der Waals surface area contributed by atoms with Crippen LogP contribution in [0.1, 0.15) is 16.2 Å². The lowest BCUT2D eigenvalue weighted by atomic mass is 10.2. The van der Waals surface area contributed by atoms with E-state index in [-0.39, 0.29) is 23.8 Å². The minimum Gasteiger partial charge on any atom is -0.507 e. The fourth-order valence-corrected chi connectivity index (χ4v) is 2.42. The number of methoxy groups -OCH3 is 3. The molecule has 0 amide bonds. The van der Waals surface area contributed by atoms with Gasteiger partial charge in [0, 0.05) is 11.6 Å². The summed E-state index contributed by atoms with van der Waals surface area (Å²) in [6.07, 6.45) is 0. The molecule has 1 N–H and O–H groups in total. The van der Waals surface area contributed by atoms with Gasteiger partial charge in [0.2, 0.25) is 5.82 Å². The van der Waals surface area contributed by atoms with E-state index in [0.717, 1.165) is 0 Å². The van der Waals surface area contributed by atoms with Crippen LogP contribution in [-0.2, 0) is 11.3 Å². The molecule has 1 aromatic heterocycles. The number of aromatic nitrogens is 2. The molecular formula is C19H18N2O7. The smallest absolute Gasteiger partial charge is 0.342 e. The fourth-order valence-electron chi connectivity index (χ4n) is 2.42. The third kappa shape index (κ3) is 3.98. The summed E-state index contributed by atoms with van der Waals surface area (Å²) < 4.78 is 25.6. The van der Waals surface area contributed by atoms with E-state index in [4.69, 9.17) is 23.5 Å². The van der Waals surface area contributed by atoms with Crippen LogP contribution >= 0.6 is 0 Å². The Morgan fingerprint density at radius 1 is 1.04 bits per heavy atom. The zero-order valence-electron chi connectivity index (χ0n) is 15.5. The van der Waals surface area contributed by atoms with Crippen molar-refractivity contribution in [3.05, 3.63) is 47.9 Å². The molecule has 2 aromatic carbocycles. The highest BCUT2D eigenvalue weighted by molar-refractivity contribution is 5.92. The Bertz CT molecular complexity index is 984. The van der Waals surface area contributed by atoms with Gasteiger partial charge in [-0.2, -0.15) is 4.98 Å². The Morgan fingerprint density at radius 2 is 1.82 bits per heavy atom. The number of esters is 1. The van der Waals surface area contributed by atoms with Crippen molar-refractivity contribution in [1.82, 2.24) is 10.1 Å². The quantitative estimate of drug-likeness (QED) is 0.612. The first-order chi connectivity index (χ1) is 13.5. The fraction of sp³-hybridized carbons (Fsp3) is 0.211. The molecule has 9 nitrogen and oxygen atoms in total. The van der Waals surface area contributed by atoms with Crippen LogP contribution in [0.15, 0.2) is 40.9 Å². The summed E-state index contributed by atoms with van der Waals surface area (Å²) in [6, 6.07) is 9.43. The molecule has 0 saturated carbocycles. The lowest BCUT2D eigenvalue weighted by molar-refractivity contribution is 0.0426. The van der Waals surface area contributed by atoms with E-state index in [2.05, 4.69) is 10.1 Å². The number of rotatable bonds is 7. The van der Waals surface area contributed by atoms with Crippen LogP contribution in [0, 0.1) is 0 Å². The van der Waals surface area contributed by atoms with E-state index < -0.39 is 5.97 Å². The standard InChI is InChI=1S/C19H18N2O7/c1-24-12-5-6-13(14(22)9-12)19(23)27-10-17-20-18(21-28-17)11-4-7-15(25-2)16(8-11)26-3/h4-9,22H,10H2,1-3H3. The average Bonchev–Trinajstić information content (AvgIpc) is 3.20. The van der Waals surface area contributed by atoms with Gasteiger partial charge in [-0.25, -0.2) is 4.79 Å². The van der Waals surface area contributed by atoms with Crippen molar-refractivity contribution >= 4 is 5.97 Å². The van der Waals surface area contributed by atoms with Gasteiger partial charge in [0.1, 0.15) is 17.1 Å². The van der Waals surface area contributed by atoms with Gasteiger partial charge in [-0.1, -0.05) is 5.16 Å². The highest BCUT2D eigenvalue weighted by Crippen LogP contribution is 2.31. The minimum absolute atomic E-state index is 0.000398. The van der Waals surface area contributed by atoms with Gasteiger partial charge in [-0.3, -0.25) is 0 Å². The average molecular weight is 386 g/mol. The summed E-state index contributed by atoms with van der Waals surface area (Å²) in [7, 11) is 4.52. The summed E-state index contributed by atoms with van der Waals surface area (Å²) >= 11 is 0. The number of aromatic hydroxyl groups is 1. The zero-order chi connectivity index (χ0) is 20.1. The maximum Gasteiger partial charge on any atom is 0.342 e. The molecule has 0 unspecified atom stereocenters.